The van der Waals surface area contributed by atoms with Crippen molar-refractivity contribution in [1.29, 1.82) is 0 Å². The maximum atomic E-state index is 11.9. The maximum Gasteiger partial charge on any atom is 0.222 e. The molecule has 0 radical (unpaired) electrons. The number of amides is 1. The molecule has 0 atom stereocenters. The molecule has 0 aromatic rings. The van der Waals surface area contributed by atoms with Crippen LogP contribution in [0, 0.1) is 5.41 Å². The fourth-order valence-electron chi connectivity index (χ4n) is 2.49. The van der Waals surface area contributed by atoms with Gasteiger partial charge >= 0.3 is 0 Å². The van der Waals surface area contributed by atoms with Gasteiger partial charge in [0.25, 0.3) is 0 Å². The molecule has 0 saturated carbocycles. The molecule has 1 aliphatic rings. The van der Waals surface area contributed by atoms with Crippen LogP contribution in [-0.2, 0) is 9.53 Å². The van der Waals surface area contributed by atoms with Crippen LogP contribution in [0.5, 0.6) is 0 Å². The summed E-state index contributed by atoms with van der Waals surface area (Å²) >= 11 is 0. The van der Waals surface area contributed by atoms with Gasteiger partial charge in [0, 0.05) is 29.3 Å². The molecule has 16 heavy (non-hydrogen) atoms. The van der Waals surface area contributed by atoms with Crippen LogP contribution in [0.1, 0.15) is 49.7 Å². The SMILES string of the molecule is [2H]C([2H])(C)C(=O)N1CCC(OC)(C(C)(C)C)CC1. The summed E-state index contributed by atoms with van der Waals surface area (Å²) in [6.45, 7) is 8.89. The first-order valence-electron chi connectivity index (χ1n) is 6.88. The van der Waals surface area contributed by atoms with E-state index in [1.807, 2.05) is 0 Å². The van der Waals surface area contributed by atoms with E-state index in [9.17, 15) is 4.79 Å². The Kier molecular flexibility index (Phi) is 3.13. The average molecular weight is 229 g/mol. The Morgan fingerprint density at radius 2 is 1.94 bits per heavy atom. The summed E-state index contributed by atoms with van der Waals surface area (Å²) in [6, 6.07) is 0. The number of hydrogen-bond donors (Lipinski definition) is 0. The molecule has 1 fully saturated rings. The van der Waals surface area contributed by atoms with Crippen molar-refractivity contribution in [3.05, 3.63) is 0 Å². The molecule has 1 saturated heterocycles. The minimum absolute atomic E-state index is 0.0160. The van der Waals surface area contributed by atoms with Gasteiger partial charge in [-0.1, -0.05) is 27.7 Å². The van der Waals surface area contributed by atoms with Crippen LogP contribution in [0.25, 0.3) is 0 Å². The first-order valence-corrected chi connectivity index (χ1v) is 5.88. The average Bonchev–Trinajstić information content (AvgIpc) is 2.25. The maximum absolute atomic E-state index is 11.9. The number of likely N-dealkylation sites (tertiary alicyclic amines) is 1. The van der Waals surface area contributed by atoms with Crippen molar-refractivity contribution in [2.45, 2.75) is 52.5 Å². The zero-order chi connectivity index (χ0) is 14.2. The number of hydrogen-bond acceptors (Lipinski definition) is 2. The van der Waals surface area contributed by atoms with E-state index < -0.39 is 12.3 Å². The van der Waals surface area contributed by atoms with Gasteiger partial charge in [0.05, 0.1) is 5.60 Å². The highest BCUT2D eigenvalue weighted by Crippen LogP contribution is 2.41. The lowest BCUT2D eigenvalue weighted by Crippen LogP contribution is -2.54. The van der Waals surface area contributed by atoms with Gasteiger partial charge in [-0.2, -0.15) is 0 Å². The van der Waals surface area contributed by atoms with Gasteiger partial charge in [-0.25, -0.2) is 0 Å². The van der Waals surface area contributed by atoms with Crippen molar-refractivity contribution in [2.24, 2.45) is 5.41 Å². The Labute approximate surface area is 102 Å². The van der Waals surface area contributed by atoms with Gasteiger partial charge in [0.2, 0.25) is 5.91 Å². The quantitative estimate of drug-likeness (QED) is 0.728. The highest BCUT2D eigenvalue weighted by molar-refractivity contribution is 5.75. The van der Waals surface area contributed by atoms with Crippen LogP contribution in [0.15, 0.2) is 0 Å². The number of carbonyl (C=O) groups is 1. The second kappa shape index (κ2) is 4.74. The molecule has 0 spiro atoms. The molecule has 94 valence electrons. The first-order chi connectivity index (χ1) is 8.03. The third kappa shape index (κ3) is 2.40. The Morgan fingerprint density at radius 1 is 1.44 bits per heavy atom. The normalized spacial score (nSPS) is 23.7. The molecular formula is C13H25NO2. The minimum atomic E-state index is -1.78. The minimum Gasteiger partial charge on any atom is -0.378 e. The van der Waals surface area contributed by atoms with Crippen molar-refractivity contribution in [3.63, 3.8) is 0 Å². The Morgan fingerprint density at radius 3 is 2.25 bits per heavy atom. The number of nitrogens with zero attached hydrogens (tertiary/aromatic N) is 1. The zero-order valence-corrected chi connectivity index (χ0v) is 11.1. The van der Waals surface area contributed by atoms with Crippen molar-refractivity contribution < 1.29 is 12.3 Å². The van der Waals surface area contributed by atoms with E-state index in [2.05, 4.69) is 20.8 Å². The van der Waals surface area contributed by atoms with Gasteiger partial charge in [-0.05, 0) is 18.3 Å². The largest absolute Gasteiger partial charge is 0.378 e. The molecule has 0 aromatic carbocycles. The van der Waals surface area contributed by atoms with E-state index in [-0.39, 0.29) is 11.0 Å². The van der Waals surface area contributed by atoms with Crippen LogP contribution in [0.2, 0.25) is 0 Å². The van der Waals surface area contributed by atoms with E-state index >= 15 is 0 Å². The molecule has 3 heteroatoms. The summed E-state index contributed by atoms with van der Waals surface area (Å²) in [7, 11) is 1.72. The van der Waals surface area contributed by atoms with E-state index in [0.717, 1.165) is 12.8 Å². The molecule has 0 aromatic heterocycles. The molecule has 3 nitrogen and oxygen atoms in total. The summed E-state index contributed by atoms with van der Waals surface area (Å²) in [5.41, 5.74) is -0.202. The molecule has 0 bridgehead atoms. The van der Waals surface area contributed by atoms with E-state index in [1.54, 1.807) is 12.0 Å². The van der Waals surface area contributed by atoms with Gasteiger partial charge in [0.1, 0.15) is 0 Å². The summed E-state index contributed by atoms with van der Waals surface area (Å²) < 4.78 is 20.7. The number of rotatable bonds is 2. The predicted molar refractivity (Wildman–Crippen MR) is 65.3 cm³/mol. The smallest absolute Gasteiger partial charge is 0.222 e. The van der Waals surface area contributed by atoms with E-state index in [1.165, 1.54) is 6.92 Å². The fourth-order valence-corrected chi connectivity index (χ4v) is 2.49. The monoisotopic (exact) mass is 229 g/mol. The van der Waals surface area contributed by atoms with Gasteiger partial charge in [0.15, 0.2) is 0 Å². The Hall–Kier alpha value is -0.570. The second-order valence-corrected chi connectivity index (χ2v) is 5.49. The zero-order valence-electron chi connectivity index (χ0n) is 13.1. The van der Waals surface area contributed by atoms with Crippen LogP contribution in [0.4, 0.5) is 0 Å². The van der Waals surface area contributed by atoms with Crippen LogP contribution in [-0.4, -0.2) is 36.6 Å². The van der Waals surface area contributed by atoms with Gasteiger partial charge in [-0.15, -0.1) is 0 Å². The predicted octanol–water partition coefficient (Wildman–Crippen LogP) is 2.45. The van der Waals surface area contributed by atoms with Crippen LogP contribution < -0.4 is 0 Å². The van der Waals surface area contributed by atoms with E-state index in [4.69, 9.17) is 7.48 Å². The molecular weight excluding hydrogens is 202 g/mol. The summed E-state index contributed by atoms with van der Waals surface area (Å²) in [6.07, 6.45) is -0.265. The fraction of sp³-hybridized carbons (Fsp3) is 0.923. The third-order valence-corrected chi connectivity index (χ3v) is 3.83. The lowest BCUT2D eigenvalue weighted by Gasteiger charge is -2.48. The topological polar surface area (TPSA) is 29.5 Å². The summed E-state index contributed by atoms with van der Waals surface area (Å²) in [4.78, 5) is 13.5. The second-order valence-electron chi connectivity index (χ2n) is 5.49. The molecule has 1 amide bonds. The highest BCUT2D eigenvalue weighted by Gasteiger charge is 2.44. The van der Waals surface area contributed by atoms with E-state index in [0.29, 0.717) is 13.1 Å². The lowest BCUT2D eigenvalue weighted by atomic mass is 9.70. The number of piperidine rings is 1. The third-order valence-electron chi connectivity index (χ3n) is 3.83. The molecule has 1 aliphatic heterocycles. The van der Waals surface area contributed by atoms with Crippen molar-refractivity contribution in [3.8, 4) is 0 Å². The standard InChI is InChI=1S/C13H25NO2/c1-6-11(15)14-9-7-13(16-5,8-10-14)12(2,3)4/h6-10H2,1-5H3/i6D2. The van der Waals surface area contributed by atoms with Crippen LogP contribution >= 0.6 is 0 Å². The molecule has 1 heterocycles. The lowest BCUT2D eigenvalue weighted by molar-refractivity contribution is -0.148. The first kappa shape index (κ1) is 10.6. The van der Waals surface area contributed by atoms with Crippen LogP contribution in [0.3, 0.4) is 0 Å². The number of methoxy groups -OCH3 is 1. The van der Waals surface area contributed by atoms with Gasteiger partial charge in [-0.3, -0.25) is 4.79 Å². The molecule has 1 rings (SSSR count). The number of ether oxygens (including phenoxy) is 1. The Balaban J connectivity index is 2.74. The molecule has 0 aliphatic carbocycles. The molecule has 0 unspecified atom stereocenters. The Bertz CT molecular complexity index is 310. The summed E-state index contributed by atoms with van der Waals surface area (Å²) in [5, 5.41) is 0. The molecule has 0 N–H and O–H groups in total. The van der Waals surface area contributed by atoms with Gasteiger partial charge < -0.3 is 9.64 Å². The van der Waals surface area contributed by atoms with Crippen molar-refractivity contribution >= 4 is 5.91 Å². The highest BCUT2D eigenvalue weighted by atomic mass is 16.5. The van der Waals surface area contributed by atoms with Crippen molar-refractivity contribution in [1.82, 2.24) is 4.90 Å². The van der Waals surface area contributed by atoms with Crippen molar-refractivity contribution in [2.75, 3.05) is 20.2 Å². The number of carbonyl (C=O) groups excluding carboxylic acids is 1. The summed E-state index contributed by atoms with van der Waals surface area (Å²) in [5.74, 6) is -0.416.